The molecule has 9 heteroatoms. The van der Waals surface area contributed by atoms with Crippen LogP contribution in [0.5, 0.6) is 0 Å². The van der Waals surface area contributed by atoms with Crippen molar-refractivity contribution in [1.29, 1.82) is 0 Å². The monoisotopic (exact) mass is 364 g/mol. The van der Waals surface area contributed by atoms with Gasteiger partial charge in [-0.3, -0.25) is 29.4 Å². The van der Waals surface area contributed by atoms with E-state index in [9.17, 15) is 19.2 Å². The van der Waals surface area contributed by atoms with Crippen LogP contribution < -0.4 is 5.32 Å². The lowest BCUT2D eigenvalue weighted by Crippen LogP contribution is -2.57. The number of rotatable bonds is 5. The van der Waals surface area contributed by atoms with Crippen LogP contribution in [0, 0.1) is 11.8 Å². The molecule has 0 unspecified atom stereocenters. The molecule has 0 aliphatic carbocycles. The predicted octanol–water partition coefficient (Wildman–Crippen LogP) is 0.0199. The molecule has 3 rings (SSSR count). The van der Waals surface area contributed by atoms with E-state index in [0.29, 0.717) is 5.56 Å². The summed E-state index contributed by atoms with van der Waals surface area (Å²) >= 11 is 0. The maximum atomic E-state index is 12.9. The van der Waals surface area contributed by atoms with Crippen molar-refractivity contribution in [2.24, 2.45) is 11.8 Å². The SMILES string of the molecule is CCN1C(=O)[C@H]2[C@@H](c3ccoc3)N[C@@](CC(=O)OC)(C(=O)OC)[C@H]2C1=O. The molecule has 2 aliphatic rings. The minimum absolute atomic E-state index is 0.179. The quantitative estimate of drug-likeness (QED) is 0.574. The number of fused-ring (bicyclic) bond motifs is 1. The van der Waals surface area contributed by atoms with E-state index in [-0.39, 0.29) is 6.54 Å². The summed E-state index contributed by atoms with van der Waals surface area (Å²) in [7, 11) is 2.36. The minimum atomic E-state index is -1.69. The van der Waals surface area contributed by atoms with E-state index in [0.717, 1.165) is 4.90 Å². The molecular formula is C17H20N2O7. The number of nitrogens with zero attached hydrogens (tertiary/aromatic N) is 1. The average molecular weight is 364 g/mol. The topological polar surface area (TPSA) is 115 Å². The van der Waals surface area contributed by atoms with Gasteiger partial charge in [-0.2, -0.15) is 0 Å². The highest BCUT2D eigenvalue weighted by atomic mass is 16.5. The first-order valence-electron chi connectivity index (χ1n) is 8.21. The lowest BCUT2D eigenvalue weighted by molar-refractivity contribution is -0.159. The number of furan rings is 1. The van der Waals surface area contributed by atoms with Crippen LogP contribution in [0.3, 0.4) is 0 Å². The van der Waals surface area contributed by atoms with E-state index in [1.807, 2.05) is 0 Å². The summed E-state index contributed by atoms with van der Waals surface area (Å²) < 4.78 is 14.7. The van der Waals surface area contributed by atoms with Crippen LogP contribution in [0.1, 0.15) is 24.9 Å². The van der Waals surface area contributed by atoms with Gasteiger partial charge in [0, 0.05) is 18.2 Å². The molecule has 0 spiro atoms. The molecule has 2 aliphatic heterocycles. The smallest absolute Gasteiger partial charge is 0.327 e. The second-order valence-electron chi connectivity index (χ2n) is 6.32. The standard InChI is InChI=1S/C17H20N2O7/c1-4-19-14(21)11-12(15(19)22)17(16(23)25-3,7-10(20)24-2)18-13(11)9-5-6-26-8-9/h5-6,8,11-13,18H,4,7H2,1-3H3/t11-,12-,13-,17-/m1/s1. The number of likely N-dealkylation sites (tertiary alicyclic amines) is 1. The lowest BCUT2D eigenvalue weighted by atomic mass is 9.77. The molecule has 3 heterocycles. The average Bonchev–Trinajstić information content (AvgIpc) is 3.32. The van der Waals surface area contributed by atoms with Crippen LogP contribution >= 0.6 is 0 Å². The molecule has 2 fully saturated rings. The van der Waals surface area contributed by atoms with Crippen molar-refractivity contribution in [3.05, 3.63) is 24.2 Å². The second-order valence-corrected chi connectivity index (χ2v) is 6.32. The first-order valence-corrected chi connectivity index (χ1v) is 8.21. The zero-order chi connectivity index (χ0) is 19.1. The van der Waals surface area contributed by atoms with Gasteiger partial charge in [-0.15, -0.1) is 0 Å². The fourth-order valence-corrected chi connectivity index (χ4v) is 4.02. The van der Waals surface area contributed by atoms with E-state index in [1.54, 1.807) is 13.0 Å². The summed E-state index contributed by atoms with van der Waals surface area (Å²) in [6.07, 6.45) is 2.44. The van der Waals surface area contributed by atoms with Crippen LogP contribution in [0.25, 0.3) is 0 Å². The normalized spacial score (nSPS) is 30.4. The van der Waals surface area contributed by atoms with Crippen LogP contribution in [-0.4, -0.2) is 55.0 Å². The maximum absolute atomic E-state index is 12.9. The number of nitrogens with one attached hydrogen (secondary N) is 1. The molecule has 2 saturated heterocycles. The van der Waals surface area contributed by atoms with Gasteiger partial charge in [0.2, 0.25) is 11.8 Å². The molecule has 0 saturated carbocycles. The van der Waals surface area contributed by atoms with E-state index >= 15 is 0 Å². The van der Waals surface area contributed by atoms with Gasteiger partial charge in [-0.05, 0) is 13.0 Å². The Morgan fingerprint density at radius 3 is 2.54 bits per heavy atom. The zero-order valence-corrected chi connectivity index (χ0v) is 14.7. The highest BCUT2D eigenvalue weighted by molar-refractivity contribution is 6.10. The summed E-state index contributed by atoms with van der Waals surface area (Å²) in [5.41, 5.74) is -1.08. The molecule has 1 N–H and O–H groups in total. The molecule has 0 aromatic carbocycles. The fraction of sp³-hybridized carbons (Fsp3) is 0.529. The largest absolute Gasteiger partial charge is 0.472 e. The third-order valence-corrected chi connectivity index (χ3v) is 5.16. The number of imide groups is 1. The summed E-state index contributed by atoms with van der Waals surface area (Å²) in [4.78, 5) is 51.6. The molecule has 4 atom stereocenters. The van der Waals surface area contributed by atoms with Gasteiger partial charge >= 0.3 is 11.9 Å². The Labute approximate surface area is 149 Å². The van der Waals surface area contributed by atoms with Gasteiger partial charge in [0.1, 0.15) is 5.54 Å². The van der Waals surface area contributed by atoms with Crippen molar-refractivity contribution >= 4 is 23.8 Å². The third-order valence-electron chi connectivity index (χ3n) is 5.16. The highest BCUT2D eigenvalue weighted by Crippen LogP contribution is 2.50. The second kappa shape index (κ2) is 6.56. The Morgan fingerprint density at radius 1 is 1.27 bits per heavy atom. The van der Waals surface area contributed by atoms with Crippen molar-refractivity contribution < 1.29 is 33.1 Å². The van der Waals surface area contributed by atoms with Gasteiger partial charge in [-0.25, -0.2) is 0 Å². The van der Waals surface area contributed by atoms with E-state index < -0.39 is 53.6 Å². The van der Waals surface area contributed by atoms with Gasteiger partial charge < -0.3 is 13.9 Å². The Morgan fingerprint density at radius 2 is 2.00 bits per heavy atom. The van der Waals surface area contributed by atoms with Gasteiger partial charge in [-0.1, -0.05) is 0 Å². The van der Waals surface area contributed by atoms with Crippen molar-refractivity contribution in [2.75, 3.05) is 20.8 Å². The van der Waals surface area contributed by atoms with Gasteiger partial charge in [0.25, 0.3) is 0 Å². The predicted molar refractivity (Wildman–Crippen MR) is 85.3 cm³/mol. The minimum Gasteiger partial charge on any atom is -0.472 e. The number of hydrogen-bond acceptors (Lipinski definition) is 8. The molecule has 140 valence electrons. The number of carbonyl (C=O) groups is 4. The van der Waals surface area contributed by atoms with Crippen LogP contribution in [0.2, 0.25) is 0 Å². The number of amides is 2. The fourth-order valence-electron chi connectivity index (χ4n) is 4.02. The third kappa shape index (κ3) is 2.42. The number of esters is 2. The van der Waals surface area contributed by atoms with Crippen LogP contribution in [-0.2, 0) is 28.7 Å². The first-order chi connectivity index (χ1) is 12.4. The number of ether oxygens (including phenoxy) is 2. The lowest BCUT2D eigenvalue weighted by Gasteiger charge is -2.31. The zero-order valence-electron chi connectivity index (χ0n) is 14.7. The number of hydrogen-bond donors (Lipinski definition) is 1. The van der Waals surface area contributed by atoms with Gasteiger partial charge in [0.15, 0.2) is 0 Å². The Bertz CT molecular complexity index is 744. The Balaban J connectivity index is 2.14. The van der Waals surface area contributed by atoms with Crippen molar-refractivity contribution in [3.8, 4) is 0 Å². The molecular weight excluding hydrogens is 344 g/mol. The van der Waals surface area contributed by atoms with E-state index in [1.165, 1.54) is 26.7 Å². The van der Waals surface area contributed by atoms with Crippen LogP contribution in [0.4, 0.5) is 0 Å². The summed E-state index contributed by atoms with van der Waals surface area (Å²) in [6, 6.07) is 0.975. The maximum Gasteiger partial charge on any atom is 0.327 e. The van der Waals surface area contributed by atoms with Crippen molar-refractivity contribution in [2.45, 2.75) is 24.9 Å². The van der Waals surface area contributed by atoms with E-state index in [2.05, 4.69) is 5.32 Å². The molecule has 1 aromatic heterocycles. The molecule has 0 radical (unpaired) electrons. The van der Waals surface area contributed by atoms with Crippen molar-refractivity contribution in [1.82, 2.24) is 10.2 Å². The van der Waals surface area contributed by atoms with E-state index in [4.69, 9.17) is 13.9 Å². The number of carbonyl (C=O) groups excluding carboxylic acids is 4. The highest BCUT2D eigenvalue weighted by Gasteiger charge is 2.69. The molecule has 26 heavy (non-hydrogen) atoms. The number of methoxy groups -OCH3 is 2. The Kier molecular flexibility index (Phi) is 4.57. The van der Waals surface area contributed by atoms with Crippen LogP contribution in [0.15, 0.2) is 23.0 Å². The Hall–Kier alpha value is -2.68. The molecule has 2 amide bonds. The van der Waals surface area contributed by atoms with Crippen molar-refractivity contribution in [3.63, 3.8) is 0 Å². The molecule has 9 nitrogen and oxygen atoms in total. The van der Waals surface area contributed by atoms with Gasteiger partial charge in [0.05, 0.1) is 45.0 Å². The summed E-state index contributed by atoms with van der Waals surface area (Å²) in [5, 5.41) is 3.03. The molecule has 0 bridgehead atoms. The summed E-state index contributed by atoms with van der Waals surface area (Å²) in [5.74, 6) is -4.29. The summed E-state index contributed by atoms with van der Waals surface area (Å²) in [6.45, 7) is 1.86. The first kappa shape index (κ1) is 18.1. The molecule has 1 aromatic rings.